The van der Waals surface area contributed by atoms with E-state index >= 15 is 0 Å². The normalized spacial score (nSPS) is 12.7. The van der Waals surface area contributed by atoms with Gasteiger partial charge < -0.3 is 34.3 Å². The zero-order chi connectivity index (χ0) is 31.1. The number of nitrogens with zero attached hydrogens (tertiary/aromatic N) is 4. The number of carbonyl (C=O) groups is 1. The second-order valence-electron chi connectivity index (χ2n) is 10.2. The van der Waals surface area contributed by atoms with Gasteiger partial charge in [0, 0.05) is 43.1 Å². The Hall–Kier alpha value is -4.97. The van der Waals surface area contributed by atoms with Crippen molar-refractivity contribution in [1.82, 2.24) is 19.9 Å². The van der Waals surface area contributed by atoms with Crippen molar-refractivity contribution in [3.63, 3.8) is 0 Å². The van der Waals surface area contributed by atoms with Gasteiger partial charge in [0.2, 0.25) is 5.75 Å². The predicted octanol–water partition coefficient (Wildman–Crippen LogP) is 4.24. The molecule has 0 bridgehead atoms. The van der Waals surface area contributed by atoms with Gasteiger partial charge in [0.1, 0.15) is 5.69 Å². The molecule has 5 rings (SSSR count). The molecule has 0 fully saturated rings. The molecule has 0 unspecified atom stereocenters. The molecule has 1 aliphatic heterocycles. The van der Waals surface area contributed by atoms with Crippen LogP contribution in [0.1, 0.15) is 27.2 Å². The third-order valence-electron chi connectivity index (χ3n) is 7.58. The molecule has 4 aromatic rings. The fraction of sp³-hybridized carbons (Fsp3) is 0.344. The Labute approximate surface area is 256 Å². The van der Waals surface area contributed by atoms with Crippen molar-refractivity contribution in [2.24, 2.45) is 0 Å². The topological polar surface area (TPSA) is 121 Å². The SMILES string of the molecule is COc1cc2c(cc1OC)CN(CCn1cc(CNc3ccccc3C(=O)Nc3cc(OC)c(OC)c(OC)c3)nn1)CC2. The van der Waals surface area contributed by atoms with Crippen LogP contribution in [-0.4, -0.2) is 74.4 Å². The van der Waals surface area contributed by atoms with Gasteiger partial charge in [-0.3, -0.25) is 14.4 Å². The summed E-state index contributed by atoms with van der Waals surface area (Å²) in [5, 5.41) is 14.9. The van der Waals surface area contributed by atoms with Crippen molar-refractivity contribution in [3.05, 3.63) is 77.1 Å². The lowest BCUT2D eigenvalue weighted by atomic mass is 9.99. The Morgan fingerprint density at radius 1 is 0.841 bits per heavy atom. The van der Waals surface area contributed by atoms with Gasteiger partial charge >= 0.3 is 0 Å². The Bertz CT molecular complexity index is 1580. The van der Waals surface area contributed by atoms with Crippen LogP contribution in [0.25, 0.3) is 0 Å². The number of amides is 1. The summed E-state index contributed by atoms with van der Waals surface area (Å²) in [6, 6.07) is 14.8. The summed E-state index contributed by atoms with van der Waals surface area (Å²) in [6.07, 6.45) is 2.88. The van der Waals surface area contributed by atoms with E-state index in [4.69, 9.17) is 23.7 Å². The number of anilines is 2. The van der Waals surface area contributed by atoms with E-state index in [-0.39, 0.29) is 5.91 Å². The summed E-state index contributed by atoms with van der Waals surface area (Å²) in [5.74, 6) is 2.58. The van der Waals surface area contributed by atoms with Crippen molar-refractivity contribution in [2.75, 3.05) is 59.3 Å². The molecule has 1 aromatic heterocycles. The third-order valence-corrected chi connectivity index (χ3v) is 7.58. The van der Waals surface area contributed by atoms with E-state index in [0.29, 0.717) is 47.3 Å². The molecule has 232 valence electrons. The molecule has 44 heavy (non-hydrogen) atoms. The van der Waals surface area contributed by atoms with Crippen LogP contribution in [0.3, 0.4) is 0 Å². The lowest BCUT2D eigenvalue weighted by molar-refractivity contribution is 0.102. The second-order valence-corrected chi connectivity index (χ2v) is 10.2. The highest BCUT2D eigenvalue weighted by Crippen LogP contribution is 2.40. The van der Waals surface area contributed by atoms with Crippen molar-refractivity contribution < 1.29 is 28.5 Å². The van der Waals surface area contributed by atoms with Crippen LogP contribution in [0.5, 0.6) is 28.7 Å². The Morgan fingerprint density at radius 3 is 2.20 bits per heavy atom. The van der Waals surface area contributed by atoms with E-state index in [0.717, 1.165) is 43.2 Å². The quantitative estimate of drug-likeness (QED) is 0.230. The maximum absolute atomic E-state index is 13.3. The van der Waals surface area contributed by atoms with Gasteiger partial charge in [0.25, 0.3) is 5.91 Å². The molecule has 3 aromatic carbocycles. The van der Waals surface area contributed by atoms with E-state index in [2.05, 4.69) is 38.0 Å². The molecule has 0 aliphatic carbocycles. The first-order valence-corrected chi connectivity index (χ1v) is 14.3. The molecule has 1 aliphatic rings. The molecule has 1 amide bonds. The van der Waals surface area contributed by atoms with Gasteiger partial charge in [-0.25, -0.2) is 0 Å². The van der Waals surface area contributed by atoms with E-state index in [9.17, 15) is 4.79 Å². The number of ether oxygens (including phenoxy) is 5. The number of para-hydroxylation sites is 1. The van der Waals surface area contributed by atoms with Gasteiger partial charge in [-0.15, -0.1) is 5.10 Å². The highest BCUT2D eigenvalue weighted by Gasteiger charge is 2.20. The van der Waals surface area contributed by atoms with Gasteiger partial charge in [0.05, 0.1) is 60.4 Å². The fourth-order valence-electron chi connectivity index (χ4n) is 5.28. The summed E-state index contributed by atoms with van der Waals surface area (Å²) in [5.41, 5.74) is 4.99. The van der Waals surface area contributed by atoms with Crippen LogP contribution >= 0.6 is 0 Å². The Morgan fingerprint density at radius 2 is 1.52 bits per heavy atom. The number of hydrogen-bond acceptors (Lipinski definition) is 10. The van der Waals surface area contributed by atoms with Gasteiger partial charge in [-0.1, -0.05) is 17.3 Å². The van der Waals surface area contributed by atoms with Gasteiger partial charge in [-0.2, -0.15) is 0 Å². The molecule has 0 radical (unpaired) electrons. The van der Waals surface area contributed by atoms with Gasteiger partial charge in [-0.05, 0) is 41.8 Å². The van der Waals surface area contributed by atoms with E-state index in [1.165, 1.54) is 32.5 Å². The first kappa shape index (κ1) is 30.5. The highest BCUT2D eigenvalue weighted by atomic mass is 16.5. The smallest absolute Gasteiger partial charge is 0.257 e. The maximum Gasteiger partial charge on any atom is 0.257 e. The number of fused-ring (bicyclic) bond motifs is 1. The number of nitrogens with one attached hydrogen (secondary N) is 2. The zero-order valence-corrected chi connectivity index (χ0v) is 25.7. The molecular weight excluding hydrogens is 564 g/mol. The third kappa shape index (κ3) is 6.81. The minimum Gasteiger partial charge on any atom is -0.493 e. The average molecular weight is 603 g/mol. The Balaban J connectivity index is 1.18. The molecule has 2 N–H and O–H groups in total. The summed E-state index contributed by atoms with van der Waals surface area (Å²) in [6.45, 7) is 3.76. The molecule has 12 nitrogen and oxygen atoms in total. The molecule has 0 spiro atoms. The predicted molar refractivity (Wildman–Crippen MR) is 166 cm³/mol. The molecule has 0 saturated carbocycles. The van der Waals surface area contributed by atoms with Crippen molar-refractivity contribution in [1.29, 1.82) is 0 Å². The van der Waals surface area contributed by atoms with Crippen LogP contribution in [0.4, 0.5) is 11.4 Å². The highest BCUT2D eigenvalue weighted by molar-refractivity contribution is 6.08. The molecule has 12 heteroatoms. The Kier molecular flexibility index (Phi) is 9.70. The molecule has 2 heterocycles. The van der Waals surface area contributed by atoms with E-state index in [1.54, 1.807) is 32.4 Å². The summed E-state index contributed by atoms with van der Waals surface area (Å²) < 4.78 is 29.0. The van der Waals surface area contributed by atoms with Crippen molar-refractivity contribution in [2.45, 2.75) is 26.1 Å². The summed E-state index contributed by atoms with van der Waals surface area (Å²) in [4.78, 5) is 15.7. The number of aromatic nitrogens is 3. The molecule has 0 atom stereocenters. The number of carbonyl (C=O) groups excluding carboxylic acids is 1. The van der Waals surface area contributed by atoms with Gasteiger partial charge in [0.15, 0.2) is 23.0 Å². The largest absolute Gasteiger partial charge is 0.493 e. The van der Waals surface area contributed by atoms with Crippen LogP contribution in [0, 0.1) is 0 Å². The van der Waals surface area contributed by atoms with Crippen LogP contribution in [-0.2, 0) is 26.1 Å². The van der Waals surface area contributed by atoms with Crippen molar-refractivity contribution >= 4 is 17.3 Å². The monoisotopic (exact) mass is 602 g/mol. The first-order chi connectivity index (χ1) is 21.5. The minimum atomic E-state index is -0.287. The number of methoxy groups -OCH3 is 5. The number of benzene rings is 3. The molecular formula is C32H38N6O6. The van der Waals surface area contributed by atoms with Crippen LogP contribution in [0.15, 0.2) is 54.7 Å². The minimum absolute atomic E-state index is 0.287. The van der Waals surface area contributed by atoms with E-state index in [1.807, 2.05) is 29.1 Å². The molecule has 0 saturated heterocycles. The average Bonchev–Trinajstić information content (AvgIpc) is 3.52. The summed E-state index contributed by atoms with van der Waals surface area (Å²) >= 11 is 0. The lowest BCUT2D eigenvalue weighted by Crippen LogP contribution is -2.33. The maximum atomic E-state index is 13.3. The number of hydrogen-bond donors (Lipinski definition) is 2. The zero-order valence-electron chi connectivity index (χ0n) is 25.7. The van der Waals surface area contributed by atoms with Crippen molar-refractivity contribution in [3.8, 4) is 28.7 Å². The first-order valence-electron chi connectivity index (χ1n) is 14.3. The van der Waals surface area contributed by atoms with Crippen LogP contribution in [0.2, 0.25) is 0 Å². The fourth-order valence-corrected chi connectivity index (χ4v) is 5.28. The second kappa shape index (κ2) is 14.0. The number of rotatable bonds is 13. The van der Waals surface area contributed by atoms with E-state index < -0.39 is 0 Å². The standard InChI is InChI=1S/C32H38N6O6/c1-40-27-14-21-10-11-37(19-22(21)15-28(27)41-2)12-13-38-20-24(35-36-38)18-33-26-9-7-6-8-25(26)32(39)34-23-16-29(42-3)31(44-5)30(17-23)43-4/h6-9,14-17,20,33H,10-13,18-19H2,1-5H3,(H,34,39). The summed E-state index contributed by atoms with van der Waals surface area (Å²) in [7, 11) is 7.91. The van der Waals surface area contributed by atoms with Crippen LogP contribution < -0.4 is 34.3 Å². The lowest BCUT2D eigenvalue weighted by Gasteiger charge is -2.29.